The molecule has 0 aromatic carbocycles. The third kappa shape index (κ3) is 3.17. The summed E-state index contributed by atoms with van der Waals surface area (Å²) in [6.45, 7) is 4.51. The number of morpholine rings is 1. The van der Waals surface area contributed by atoms with Gasteiger partial charge in [0, 0.05) is 25.3 Å². The topological polar surface area (TPSA) is 65.4 Å². The van der Waals surface area contributed by atoms with Crippen molar-refractivity contribution < 1.29 is 9.53 Å². The van der Waals surface area contributed by atoms with Gasteiger partial charge in [-0.05, 0) is 68.6 Å². The van der Waals surface area contributed by atoms with E-state index in [1.165, 1.54) is 38.5 Å². The Labute approximate surface area is 150 Å². The van der Waals surface area contributed by atoms with E-state index in [9.17, 15) is 10.1 Å². The first-order valence-corrected chi connectivity index (χ1v) is 9.83. The van der Waals surface area contributed by atoms with Crippen LogP contribution in [0.3, 0.4) is 0 Å². The van der Waals surface area contributed by atoms with Crippen molar-refractivity contribution in [3.63, 3.8) is 0 Å². The molecule has 0 radical (unpaired) electrons. The zero-order valence-corrected chi connectivity index (χ0v) is 15.2. The predicted octanol–water partition coefficient (Wildman–Crippen LogP) is 2.45. The molecular formula is C20H29N3O2. The van der Waals surface area contributed by atoms with Gasteiger partial charge in [0.05, 0.1) is 13.2 Å². The molecule has 1 unspecified atom stereocenters. The SMILES string of the molecule is CC(N/C=C(/C#N)C(=O)N1CCOCC1)C12CC3CC(CC(C3)C1)C2. The molecule has 1 atom stereocenters. The van der Waals surface area contributed by atoms with Gasteiger partial charge in [-0.25, -0.2) is 0 Å². The molecular weight excluding hydrogens is 314 g/mol. The number of amides is 1. The molecule has 1 amide bonds. The van der Waals surface area contributed by atoms with Crippen LogP contribution in [0.1, 0.15) is 45.4 Å². The number of nitrogens with one attached hydrogen (secondary N) is 1. The van der Waals surface area contributed by atoms with Gasteiger partial charge in [0.1, 0.15) is 11.6 Å². The summed E-state index contributed by atoms with van der Waals surface area (Å²) in [6, 6.07) is 2.42. The van der Waals surface area contributed by atoms with E-state index in [2.05, 4.69) is 18.3 Å². The third-order valence-electron chi connectivity index (χ3n) is 7.13. The van der Waals surface area contributed by atoms with E-state index < -0.39 is 0 Å². The smallest absolute Gasteiger partial charge is 0.266 e. The summed E-state index contributed by atoms with van der Waals surface area (Å²) in [7, 11) is 0. The highest BCUT2D eigenvalue weighted by Gasteiger charge is 2.53. The molecule has 5 heteroatoms. The van der Waals surface area contributed by atoms with Crippen LogP contribution in [0.4, 0.5) is 0 Å². The zero-order chi connectivity index (χ0) is 17.4. The average Bonchev–Trinajstić information content (AvgIpc) is 2.61. The normalized spacial score (nSPS) is 38.3. The lowest BCUT2D eigenvalue weighted by molar-refractivity contribution is -0.130. The van der Waals surface area contributed by atoms with Gasteiger partial charge in [-0.2, -0.15) is 5.26 Å². The summed E-state index contributed by atoms with van der Waals surface area (Å²) < 4.78 is 5.29. The van der Waals surface area contributed by atoms with Gasteiger partial charge < -0.3 is 15.0 Å². The summed E-state index contributed by atoms with van der Waals surface area (Å²) in [6.07, 6.45) is 9.93. The van der Waals surface area contributed by atoms with Crippen LogP contribution in [-0.4, -0.2) is 43.2 Å². The van der Waals surface area contributed by atoms with Crippen LogP contribution in [0.2, 0.25) is 0 Å². The molecule has 5 aliphatic rings. The van der Waals surface area contributed by atoms with Crippen molar-refractivity contribution in [3.05, 3.63) is 11.8 Å². The summed E-state index contributed by atoms with van der Waals surface area (Å²) in [4.78, 5) is 14.2. The number of nitrogens with zero attached hydrogens (tertiary/aromatic N) is 2. The Morgan fingerprint density at radius 1 is 1.20 bits per heavy atom. The largest absolute Gasteiger partial charge is 0.387 e. The van der Waals surface area contributed by atoms with Crippen LogP contribution in [-0.2, 0) is 9.53 Å². The Balaban J connectivity index is 1.43. The van der Waals surface area contributed by atoms with E-state index in [1.54, 1.807) is 11.1 Å². The molecule has 1 heterocycles. The second-order valence-electron chi connectivity index (χ2n) is 8.74. The van der Waals surface area contributed by atoms with Crippen molar-refractivity contribution in [2.75, 3.05) is 26.3 Å². The van der Waals surface area contributed by atoms with Crippen LogP contribution in [0.25, 0.3) is 0 Å². The van der Waals surface area contributed by atoms with E-state index in [0.717, 1.165) is 17.8 Å². The fraction of sp³-hybridized carbons (Fsp3) is 0.800. The van der Waals surface area contributed by atoms with E-state index >= 15 is 0 Å². The van der Waals surface area contributed by atoms with Gasteiger partial charge >= 0.3 is 0 Å². The lowest BCUT2D eigenvalue weighted by Gasteiger charge is -2.59. The van der Waals surface area contributed by atoms with E-state index in [1.807, 2.05) is 0 Å². The molecule has 4 aliphatic carbocycles. The average molecular weight is 343 g/mol. The molecule has 25 heavy (non-hydrogen) atoms. The minimum Gasteiger partial charge on any atom is -0.387 e. The van der Waals surface area contributed by atoms with Gasteiger partial charge in [0.25, 0.3) is 5.91 Å². The Kier molecular flexibility index (Phi) is 4.49. The molecule has 5 fully saturated rings. The van der Waals surface area contributed by atoms with Crippen molar-refractivity contribution in [1.29, 1.82) is 5.26 Å². The molecule has 4 saturated carbocycles. The molecule has 0 aromatic rings. The van der Waals surface area contributed by atoms with Gasteiger partial charge in [-0.15, -0.1) is 0 Å². The molecule has 1 N–H and O–H groups in total. The van der Waals surface area contributed by atoms with Crippen molar-refractivity contribution >= 4 is 5.91 Å². The van der Waals surface area contributed by atoms with Gasteiger partial charge in [0.15, 0.2) is 0 Å². The first kappa shape index (κ1) is 16.9. The second kappa shape index (κ2) is 6.64. The maximum absolute atomic E-state index is 12.5. The van der Waals surface area contributed by atoms with Gasteiger partial charge in [-0.1, -0.05) is 0 Å². The molecule has 5 nitrogen and oxygen atoms in total. The zero-order valence-electron chi connectivity index (χ0n) is 15.2. The standard InChI is InChI=1S/C20H29N3O2/c1-14(20-9-15-6-16(10-20)8-17(7-15)11-20)22-13-18(12-21)19(24)23-2-4-25-5-3-23/h13-17,22H,2-11H2,1H3/b18-13-. The molecule has 1 saturated heterocycles. The number of carbonyl (C=O) groups is 1. The molecule has 5 rings (SSSR count). The highest BCUT2D eigenvalue weighted by atomic mass is 16.5. The Hall–Kier alpha value is -1.54. The van der Waals surface area contributed by atoms with Crippen molar-refractivity contribution in [1.82, 2.24) is 10.2 Å². The maximum atomic E-state index is 12.5. The van der Waals surface area contributed by atoms with Crippen LogP contribution < -0.4 is 5.32 Å². The fourth-order valence-corrected chi connectivity index (χ4v) is 6.17. The first-order chi connectivity index (χ1) is 12.1. The minimum absolute atomic E-state index is 0.170. The summed E-state index contributed by atoms with van der Waals surface area (Å²) in [5.74, 6) is 2.55. The fourth-order valence-electron chi connectivity index (χ4n) is 6.17. The van der Waals surface area contributed by atoms with E-state index in [4.69, 9.17) is 4.74 Å². The number of hydrogen-bond acceptors (Lipinski definition) is 4. The molecule has 136 valence electrons. The summed E-state index contributed by atoms with van der Waals surface area (Å²) in [5, 5.41) is 12.9. The summed E-state index contributed by atoms with van der Waals surface area (Å²) >= 11 is 0. The summed E-state index contributed by atoms with van der Waals surface area (Å²) in [5.41, 5.74) is 0.590. The maximum Gasteiger partial charge on any atom is 0.266 e. The van der Waals surface area contributed by atoms with E-state index in [-0.39, 0.29) is 11.5 Å². The predicted molar refractivity (Wildman–Crippen MR) is 94.3 cm³/mol. The number of hydrogen-bond donors (Lipinski definition) is 1. The van der Waals surface area contributed by atoms with Crippen molar-refractivity contribution in [3.8, 4) is 6.07 Å². The van der Waals surface area contributed by atoms with E-state index in [0.29, 0.717) is 37.8 Å². The van der Waals surface area contributed by atoms with Gasteiger partial charge in [0.2, 0.25) is 0 Å². The van der Waals surface area contributed by atoms with Crippen LogP contribution in [0.15, 0.2) is 11.8 Å². The Morgan fingerprint density at radius 2 is 1.76 bits per heavy atom. The molecule has 4 bridgehead atoms. The monoisotopic (exact) mass is 343 g/mol. The highest BCUT2D eigenvalue weighted by Crippen LogP contribution is 2.61. The lowest BCUT2D eigenvalue weighted by atomic mass is 9.48. The minimum atomic E-state index is -0.170. The van der Waals surface area contributed by atoms with Crippen LogP contribution >= 0.6 is 0 Å². The molecule has 0 aromatic heterocycles. The van der Waals surface area contributed by atoms with Crippen molar-refractivity contribution in [2.24, 2.45) is 23.2 Å². The Bertz CT molecular complexity index is 565. The van der Waals surface area contributed by atoms with Gasteiger partial charge in [-0.3, -0.25) is 4.79 Å². The highest BCUT2D eigenvalue weighted by molar-refractivity contribution is 5.97. The quantitative estimate of drug-likeness (QED) is 0.629. The lowest BCUT2D eigenvalue weighted by Crippen LogP contribution is -2.54. The number of carbonyl (C=O) groups excluding carboxylic acids is 1. The van der Waals surface area contributed by atoms with Crippen molar-refractivity contribution in [2.45, 2.75) is 51.5 Å². The number of nitriles is 1. The Morgan fingerprint density at radius 3 is 2.28 bits per heavy atom. The first-order valence-electron chi connectivity index (χ1n) is 9.83. The molecule has 0 spiro atoms. The number of ether oxygens (including phenoxy) is 1. The third-order valence-corrected chi connectivity index (χ3v) is 7.13. The van der Waals surface area contributed by atoms with Crippen LogP contribution in [0, 0.1) is 34.5 Å². The molecule has 1 aliphatic heterocycles. The number of rotatable bonds is 4. The second-order valence-corrected chi connectivity index (χ2v) is 8.74. The van der Waals surface area contributed by atoms with Crippen LogP contribution in [0.5, 0.6) is 0 Å².